The molecular weight excluding hydrogens is 409 g/mol. The average molecular weight is 430 g/mol. The number of nitrogens with zero attached hydrogens (tertiary/aromatic N) is 3. The molecule has 162 valence electrons. The summed E-state index contributed by atoms with van der Waals surface area (Å²) in [5, 5.41) is 2.78. The van der Waals surface area contributed by atoms with Crippen molar-refractivity contribution >= 4 is 5.91 Å². The van der Waals surface area contributed by atoms with E-state index in [4.69, 9.17) is 4.42 Å². The Hall–Kier alpha value is -3.20. The van der Waals surface area contributed by atoms with Gasteiger partial charge in [-0.15, -0.1) is 0 Å². The third-order valence-electron chi connectivity index (χ3n) is 5.06. The minimum atomic E-state index is -4.35. The number of pyridine rings is 1. The van der Waals surface area contributed by atoms with Crippen LogP contribution in [0, 0.1) is 0 Å². The second-order valence-corrected chi connectivity index (χ2v) is 7.50. The van der Waals surface area contributed by atoms with Gasteiger partial charge < -0.3 is 9.73 Å². The molecule has 3 aromatic rings. The number of carbonyl (C=O) groups excluding carboxylic acids is 1. The highest BCUT2D eigenvalue weighted by Gasteiger charge is 2.32. The number of nitrogens with one attached hydrogen (secondary N) is 1. The van der Waals surface area contributed by atoms with Gasteiger partial charge >= 0.3 is 6.18 Å². The van der Waals surface area contributed by atoms with Crippen LogP contribution in [0.3, 0.4) is 0 Å². The van der Waals surface area contributed by atoms with Crippen LogP contribution in [-0.4, -0.2) is 26.8 Å². The average Bonchev–Trinajstić information content (AvgIpc) is 3.50. The molecule has 0 unspecified atom stereocenters. The number of hydrogen-bond donors (Lipinski definition) is 1. The Balaban J connectivity index is 1.36. The Morgan fingerprint density at radius 1 is 1.06 bits per heavy atom. The van der Waals surface area contributed by atoms with Crippen LogP contribution in [0.5, 0.6) is 0 Å². The summed E-state index contributed by atoms with van der Waals surface area (Å²) in [5.74, 6) is 0.0559. The van der Waals surface area contributed by atoms with Crippen molar-refractivity contribution in [3.8, 4) is 0 Å². The van der Waals surface area contributed by atoms with Gasteiger partial charge in [0.15, 0.2) is 5.69 Å². The van der Waals surface area contributed by atoms with Crippen molar-refractivity contribution in [2.24, 2.45) is 0 Å². The summed E-state index contributed by atoms with van der Waals surface area (Å²) in [5.41, 5.74) is 1.23. The maximum atomic E-state index is 12.8. The summed E-state index contributed by atoms with van der Waals surface area (Å²) < 4.78 is 43.8. The summed E-state index contributed by atoms with van der Waals surface area (Å²) in [6, 6.07) is 9.12. The molecule has 0 spiro atoms. The maximum absolute atomic E-state index is 12.8. The van der Waals surface area contributed by atoms with Crippen LogP contribution in [0.15, 0.2) is 59.5 Å². The van der Waals surface area contributed by atoms with Gasteiger partial charge in [0.05, 0.1) is 12.1 Å². The van der Waals surface area contributed by atoms with Crippen LogP contribution in [0.4, 0.5) is 13.2 Å². The molecular formula is C22H21F3N4O2. The first-order chi connectivity index (χ1) is 14.9. The fourth-order valence-electron chi connectivity index (χ4n) is 3.22. The van der Waals surface area contributed by atoms with Gasteiger partial charge in [-0.1, -0.05) is 12.1 Å². The Kier molecular flexibility index (Phi) is 6.03. The molecule has 0 aliphatic heterocycles. The highest BCUT2D eigenvalue weighted by molar-refractivity contribution is 5.91. The molecule has 1 aliphatic rings. The van der Waals surface area contributed by atoms with Crippen LogP contribution >= 0.6 is 0 Å². The molecule has 1 N–H and O–H groups in total. The highest BCUT2D eigenvalue weighted by Crippen LogP contribution is 2.32. The molecule has 1 aliphatic carbocycles. The van der Waals surface area contributed by atoms with Crippen molar-refractivity contribution in [3.05, 3.63) is 83.3 Å². The predicted molar refractivity (Wildman–Crippen MR) is 106 cm³/mol. The van der Waals surface area contributed by atoms with Crippen molar-refractivity contribution in [1.82, 2.24) is 20.2 Å². The van der Waals surface area contributed by atoms with Gasteiger partial charge in [0.25, 0.3) is 5.91 Å². The minimum absolute atomic E-state index is 0.189. The number of aromatic nitrogens is 2. The Labute approximate surface area is 177 Å². The first kappa shape index (κ1) is 21.0. The first-order valence-electron chi connectivity index (χ1n) is 9.90. The van der Waals surface area contributed by atoms with Crippen LogP contribution in [-0.2, 0) is 25.8 Å². The van der Waals surface area contributed by atoms with Crippen LogP contribution in [0.25, 0.3) is 0 Å². The molecule has 0 saturated heterocycles. The number of amides is 1. The zero-order valence-electron chi connectivity index (χ0n) is 16.6. The van der Waals surface area contributed by atoms with Gasteiger partial charge in [0.1, 0.15) is 6.26 Å². The number of alkyl halides is 3. The standard InChI is InChI=1S/C22H21F3N4O2/c23-22(24,25)17-3-1-16(2-4-17)12-29(18-5-6-18)13-20-28-19(14-31-20)21(30)27-11-15-7-9-26-10-8-15/h1-4,7-10,14,18H,5-6,11-13H2,(H,27,30). The Morgan fingerprint density at radius 2 is 1.77 bits per heavy atom. The van der Waals surface area contributed by atoms with E-state index in [1.165, 1.54) is 18.4 Å². The fraction of sp³-hybridized carbons (Fsp3) is 0.318. The van der Waals surface area contributed by atoms with Crippen molar-refractivity contribution in [2.75, 3.05) is 0 Å². The van der Waals surface area contributed by atoms with E-state index >= 15 is 0 Å². The molecule has 4 rings (SSSR count). The molecule has 1 fully saturated rings. The van der Waals surface area contributed by atoms with E-state index in [1.54, 1.807) is 12.4 Å². The Morgan fingerprint density at radius 3 is 2.42 bits per heavy atom. The Bertz CT molecular complexity index is 1020. The molecule has 31 heavy (non-hydrogen) atoms. The van der Waals surface area contributed by atoms with E-state index in [2.05, 4.69) is 20.2 Å². The summed E-state index contributed by atoms with van der Waals surface area (Å²) in [4.78, 5) is 22.6. The number of rotatable bonds is 8. The van der Waals surface area contributed by atoms with Crippen molar-refractivity contribution < 1.29 is 22.4 Å². The van der Waals surface area contributed by atoms with Crippen LogP contribution in [0.2, 0.25) is 0 Å². The quantitative estimate of drug-likeness (QED) is 0.581. The van der Waals surface area contributed by atoms with E-state index in [1.807, 2.05) is 12.1 Å². The second kappa shape index (κ2) is 8.89. The second-order valence-electron chi connectivity index (χ2n) is 7.50. The van der Waals surface area contributed by atoms with Crippen molar-refractivity contribution in [3.63, 3.8) is 0 Å². The van der Waals surface area contributed by atoms with E-state index in [0.717, 1.165) is 36.1 Å². The van der Waals surface area contributed by atoms with Gasteiger partial charge in [-0.2, -0.15) is 13.2 Å². The lowest BCUT2D eigenvalue weighted by atomic mass is 10.1. The van der Waals surface area contributed by atoms with E-state index in [9.17, 15) is 18.0 Å². The molecule has 1 aromatic carbocycles. The van der Waals surface area contributed by atoms with E-state index in [0.29, 0.717) is 31.6 Å². The number of oxazole rings is 1. The first-order valence-corrected chi connectivity index (χ1v) is 9.90. The third-order valence-corrected chi connectivity index (χ3v) is 5.06. The normalized spacial score (nSPS) is 14.1. The minimum Gasteiger partial charge on any atom is -0.447 e. The molecule has 0 bridgehead atoms. The molecule has 0 atom stereocenters. The van der Waals surface area contributed by atoms with Gasteiger partial charge in [-0.05, 0) is 48.2 Å². The summed E-state index contributed by atoms with van der Waals surface area (Å²) in [7, 11) is 0. The van der Waals surface area contributed by atoms with Gasteiger partial charge in [-0.25, -0.2) is 4.98 Å². The molecule has 2 aromatic heterocycles. The largest absolute Gasteiger partial charge is 0.447 e. The fourth-order valence-corrected chi connectivity index (χ4v) is 3.22. The zero-order valence-corrected chi connectivity index (χ0v) is 16.6. The number of halogens is 3. The number of benzene rings is 1. The molecule has 1 saturated carbocycles. The lowest BCUT2D eigenvalue weighted by Gasteiger charge is -2.20. The van der Waals surface area contributed by atoms with Crippen molar-refractivity contribution in [1.29, 1.82) is 0 Å². The lowest BCUT2D eigenvalue weighted by Crippen LogP contribution is -2.26. The molecule has 2 heterocycles. The number of hydrogen-bond acceptors (Lipinski definition) is 5. The summed E-state index contributed by atoms with van der Waals surface area (Å²) >= 11 is 0. The van der Waals surface area contributed by atoms with Gasteiger partial charge in [-0.3, -0.25) is 14.7 Å². The lowest BCUT2D eigenvalue weighted by molar-refractivity contribution is -0.137. The number of carbonyl (C=O) groups is 1. The SMILES string of the molecule is O=C(NCc1ccncc1)c1coc(CN(Cc2ccc(C(F)(F)F)cc2)C2CC2)n1. The highest BCUT2D eigenvalue weighted by atomic mass is 19.4. The molecule has 1 amide bonds. The van der Waals surface area contributed by atoms with Gasteiger partial charge in [0, 0.05) is 31.5 Å². The summed E-state index contributed by atoms with van der Waals surface area (Å²) in [6.07, 6.45) is 2.31. The molecule has 0 radical (unpaired) electrons. The zero-order chi connectivity index (χ0) is 21.8. The predicted octanol–water partition coefficient (Wildman–Crippen LogP) is 4.18. The monoisotopic (exact) mass is 430 g/mol. The smallest absolute Gasteiger partial charge is 0.416 e. The maximum Gasteiger partial charge on any atom is 0.416 e. The summed E-state index contributed by atoms with van der Waals surface area (Å²) in [6.45, 7) is 1.21. The van der Waals surface area contributed by atoms with Gasteiger partial charge in [0.2, 0.25) is 5.89 Å². The van der Waals surface area contributed by atoms with E-state index < -0.39 is 11.7 Å². The topological polar surface area (TPSA) is 71.3 Å². The van der Waals surface area contributed by atoms with Crippen LogP contribution < -0.4 is 5.32 Å². The van der Waals surface area contributed by atoms with E-state index in [-0.39, 0.29) is 11.6 Å². The molecule has 9 heteroatoms. The van der Waals surface area contributed by atoms with Crippen LogP contribution in [0.1, 0.15) is 45.9 Å². The van der Waals surface area contributed by atoms with Crippen molar-refractivity contribution in [2.45, 2.75) is 44.7 Å². The third kappa shape index (κ3) is 5.69. The molecule has 6 nitrogen and oxygen atoms in total.